The summed E-state index contributed by atoms with van der Waals surface area (Å²) in [5, 5.41) is 9.33. The molecule has 3 nitrogen and oxygen atoms in total. The minimum atomic E-state index is -0.0658. The topological polar surface area (TPSA) is 40.5 Å². The van der Waals surface area contributed by atoms with Gasteiger partial charge in [-0.05, 0) is 12.1 Å². The molecule has 0 saturated carbocycles. The Morgan fingerprint density at radius 1 is 1.56 bits per heavy atom. The lowest BCUT2D eigenvalue weighted by Gasteiger charge is -2.19. The van der Waals surface area contributed by atoms with E-state index in [0.717, 1.165) is 15.7 Å². The van der Waals surface area contributed by atoms with E-state index in [1.807, 2.05) is 18.2 Å². The zero-order chi connectivity index (χ0) is 11.7. The van der Waals surface area contributed by atoms with Crippen molar-refractivity contribution in [2.24, 2.45) is 0 Å². The number of thiol groups is 1. The highest BCUT2D eigenvalue weighted by Gasteiger charge is 2.29. The van der Waals surface area contributed by atoms with E-state index in [1.54, 1.807) is 4.90 Å². The van der Waals surface area contributed by atoms with Crippen LogP contribution in [-0.2, 0) is 11.4 Å². The number of benzene rings is 1. The van der Waals surface area contributed by atoms with E-state index in [-0.39, 0.29) is 17.8 Å². The molecule has 1 atom stereocenters. The molecule has 1 aliphatic heterocycles. The third kappa shape index (κ3) is 2.26. The third-order valence-corrected chi connectivity index (χ3v) is 3.45. The van der Waals surface area contributed by atoms with Crippen molar-refractivity contribution in [1.82, 2.24) is 0 Å². The highest BCUT2D eigenvalue weighted by Crippen LogP contribution is 2.30. The summed E-state index contributed by atoms with van der Waals surface area (Å²) in [4.78, 5) is 13.4. The Morgan fingerprint density at radius 3 is 2.88 bits per heavy atom. The fraction of sp³-hybridized carbons (Fsp3) is 0.364. The lowest BCUT2D eigenvalue weighted by molar-refractivity contribution is -0.117. The van der Waals surface area contributed by atoms with Crippen LogP contribution in [0.25, 0.3) is 0 Å². The van der Waals surface area contributed by atoms with Gasteiger partial charge in [-0.3, -0.25) is 4.79 Å². The number of amides is 1. The van der Waals surface area contributed by atoms with Gasteiger partial charge in [-0.25, -0.2) is 0 Å². The number of anilines is 1. The second-order valence-corrected chi connectivity index (χ2v) is 5.44. The van der Waals surface area contributed by atoms with E-state index >= 15 is 0 Å². The van der Waals surface area contributed by atoms with E-state index in [2.05, 4.69) is 28.6 Å². The summed E-state index contributed by atoms with van der Waals surface area (Å²) in [6.07, 6.45) is 0.459. The van der Waals surface area contributed by atoms with E-state index < -0.39 is 0 Å². The van der Waals surface area contributed by atoms with Gasteiger partial charge in [0.15, 0.2) is 0 Å². The Labute approximate surface area is 108 Å². The Kier molecular flexibility index (Phi) is 3.56. The maximum Gasteiger partial charge on any atom is 0.228 e. The van der Waals surface area contributed by atoms with Crippen LogP contribution < -0.4 is 4.90 Å². The largest absolute Gasteiger partial charge is 0.392 e. The first-order chi connectivity index (χ1) is 7.61. The summed E-state index contributed by atoms with van der Waals surface area (Å²) in [6, 6.07) is 5.53. The zero-order valence-corrected chi connectivity index (χ0v) is 11.0. The summed E-state index contributed by atoms with van der Waals surface area (Å²) < 4.78 is 0.898. The highest BCUT2D eigenvalue weighted by atomic mass is 79.9. The van der Waals surface area contributed by atoms with E-state index in [0.29, 0.717) is 13.0 Å². The molecule has 16 heavy (non-hydrogen) atoms. The Hall–Kier alpha value is -0.520. The smallest absolute Gasteiger partial charge is 0.228 e. The van der Waals surface area contributed by atoms with Crippen LogP contribution in [0.2, 0.25) is 0 Å². The predicted molar refractivity (Wildman–Crippen MR) is 69.8 cm³/mol. The molecule has 1 fully saturated rings. The number of hydrogen-bond acceptors (Lipinski definition) is 3. The molecule has 5 heteroatoms. The average Bonchev–Trinajstić information content (AvgIpc) is 2.57. The maximum absolute atomic E-state index is 11.7. The second-order valence-electron chi connectivity index (χ2n) is 3.79. The summed E-state index contributed by atoms with van der Waals surface area (Å²) >= 11 is 7.68. The fourth-order valence-electron chi connectivity index (χ4n) is 1.84. The molecule has 0 aliphatic carbocycles. The van der Waals surface area contributed by atoms with Gasteiger partial charge in [0.25, 0.3) is 0 Å². The van der Waals surface area contributed by atoms with Crippen LogP contribution in [-0.4, -0.2) is 22.8 Å². The molecule has 1 aromatic carbocycles. The predicted octanol–water partition coefficient (Wildman–Crippen LogP) is 1.98. The van der Waals surface area contributed by atoms with Crippen LogP contribution in [0.5, 0.6) is 0 Å². The summed E-state index contributed by atoms with van der Waals surface area (Å²) in [5.74, 6) is 0.0628. The highest BCUT2D eigenvalue weighted by molar-refractivity contribution is 9.10. The number of hydrogen-bond donors (Lipinski definition) is 2. The van der Waals surface area contributed by atoms with Crippen LogP contribution in [0.1, 0.15) is 12.0 Å². The minimum absolute atomic E-state index is 0.0628. The monoisotopic (exact) mass is 301 g/mol. The molecule has 1 saturated heterocycles. The van der Waals surface area contributed by atoms with Gasteiger partial charge in [0.05, 0.1) is 12.3 Å². The van der Waals surface area contributed by atoms with Crippen molar-refractivity contribution < 1.29 is 9.90 Å². The van der Waals surface area contributed by atoms with Crippen molar-refractivity contribution in [3.05, 3.63) is 28.2 Å². The minimum Gasteiger partial charge on any atom is -0.392 e. The van der Waals surface area contributed by atoms with Crippen LogP contribution in [0.3, 0.4) is 0 Å². The molecule has 1 unspecified atom stereocenters. The number of aliphatic hydroxyl groups excluding tert-OH is 1. The standard InChI is InChI=1S/C11H12BrNO2S/c12-8-2-1-7(6-14)10(3-8)13-5-9(16)4-11(13)15/h1-3,9,14,16H,4-6H2. The van der Waals surface area contributed by atoms with Crippen molar-refractivity contribution in [1.29, 1.82) is 0 Å². The summed E-state index contributed by atoms with van der Waals surface area (Å²) in [6.45, 7) is 0.537. The van der Waals surface area contributed by atoms with Crippen molar-refractivity contribution in [2.45, 2.75) is 18.3 Å². The number of nitrogens with zero attached hydrogens (tertiary/aromatic N) is 1. The molecule has 0 radical (unpaired) electrons. The molecule has 1 amide bonds. The first kappa shape index (κ1) is 12.0. The Bertz CT molecular complexity index is 424. The molecule has 1 aliphatic rings. The fourth-order valence-corrected chi connectivity index (χ4v) is 2.51. The van der Waals surface area contributed by atoms with Crippen molar-refractivity contribution >= 4 is 40.2 Å². The molecule has 0 bridgehead atoms. The Morgan fingerprint density at radius 2 is 2.31 bits per heavy atom. The molecular weight excluding hydrogens is 290 g/mol. The molecule has 1 aromatic rings. The number of carbonyl (C=O) groups is 1. The van der Waals surface area contributed by atoms with E-state index in [9.17, 15) is 9.90 Å². The second kappa shape index (κ2) is 4.77. The first-order valence-electron chi connectivity index (χ1n) is 4.99. The molecule has 0 spiro atoms. The van der Waals surface area contributed by atoms with Gasteiger partial charge in [0.1, 0.15) is 0 Å². The first-order valence-corrected chi connectivity index (χ1v) is 6.30. The normalized spacial score (nSPS) is 20.6. The van der Waals surface area contributed by atoms with E-state index in [4.69, 9.17) is 0 Å². The number of rotatable bonds is 2. The lowest BCUT2D eigenvalue weighted by Crippen LogP contribution is -2.25. The van der Waals surface area contributed by atoms with Gasteiger partial charge in [0, 0.05) is 28.3 Å². The molecule has 2 rings (SSSR count). The number of aliphatic hydroxyl groups is 1. The van der Waals surface area contributed by atoms with Crippen molar-refractivity contribution in [3.8, 4) is 0 Å². The molecule has 0 aromatic heterocycles. The summed E-state index contributed by atoms with van der Waals surface area (Å²) in [7, 11) is 0. The SMILES string of the molecule is O=C1CC(S)CN1c1cc(Br)ccc1CO. The zero-order valence-electron chi connectivity index (χ0n) is 8.56. The van der Waals surface area contributed by atoms with Crippen molar-refractivity contribution in [2.75, 3.05) is 11.4 Å². The van der Waals surface area contributed by atoms with Crippen LogP contribution in [0.4, 0.5) is 5.69 Å². The average molecular weight is 302 g/mol. The van der Waals surface area contributed by atoms with Crippen LogP contribution in [0.15, 0.2) is 22.7 Å². The maximum atomic E-state index is 11.7. The van der Waals surface area contributed by atoms with Gasteiger partial charge < -0.3 is 10.0 Å². The lowest BCUT2D eigenvalue weighted by atomic mass is 10.1. The van der Waals surface area contributed by atoms with Gasteiger partial charge in [0.2, 0.25) is 5.91 Å². The van der Waals surface area contributed by atoms with Crippen molar-refractivity contribution in [3.63, 3.8) is 0 Å². The number of halogens is 1. The molecule has 1 N–H and O–H groups in total. The number of carbonyl (C=O) groups excluding carboxylic acids is 1. The summed E-state index contributed by atoms with van der Waals surface area (Å²) in [5.41, 5.74) is 1.54. The van der Waals surface area contributed by atoms with Gasteiger partial charge in [-0.1, -0.05) is 22.0 Å². The van der Waals surface area contributed by atoms with E-state index in [1.165, 1.54) is 0 Å². The molecular formula is C11H12BrNO2S. The van der Waals surface area contributed by atoms with Crippen LogP contribution in [0, 0.1) is 0 Å². The third-order valence-electron chi connectivity index (χ3n) is 2.61. The van der Waals surface area contributed by atoms with Gasteiger partial charge in [-0.15, -0.1) is 0 Å². The molecule has 86 valence electrons. The molecule has 1 heterocycles. The van der Waals surface area contributed by atoms with Gasteiger partial charge >= 0.3 is 0 Å². The Balaban J connectivity index is 2.39. The van der Waals surface area contributed by atoms with Gasteiger partial charge in [-0.2, -0.15) is 12.6 Å². The quantitative estimate of drug-likeness (QED) is 0.820. The van der Waals surface area contributed by atoms with Crippen LogP contribution >= 0.6 is 28.6 Å².